The molecule has 19 heavy (non-hydrogen) atoms. The lowest BCUT2D eigenvalue weighted by Gasteiger charge is -2.09. The van der Waals surface area contributed by atoms with E-state index in [1.807, 2.05) is 13.8 Å². The van der Waals surface area contributed by atoms with Crippen molar-refractivity contribution in [3.05, 3.63) is 15.6 Å². The van der Waals surface area contributed by atoms with E-state index >= 15 is 0 Å². The molecule has 0 spiro atoms. The maximum absolute atomic E-state index is 12.9. The molecule has 0 radical (unpaired) electrons. The van der Waals surface area contributed by atoms with Crippen LogP contribution in [-0.2, 0) is 23.9 Å². The van der Waals surface area contributed by atoms with Gasteiger partial charge in [-0.15, -0.1) is 11.3 Å². The highest BCUT2D eigenvalue weighted by molar-refractivity contribution is 7.11. The summed E-state index contributed by atoms with van der Waals surface area (Å²) in [4.78, 5) is 3.99. The van der Waals surface area contributed by atoms with Gasteiger partial charge in [0.25, 0.3) is 0 Å². The first-order valence-electron chi connectivity index (χ1n) is 6.12. The summed E-state index contributed by atoms with van der Waals surface area (Å²) >= 11 is 1.13. The first kappa shape index (κ1) is 16.4. The van der Waals surface area contributed by atoms with Crippen LogP contribution in [0.4, 0.5) is 13.2 Å². The van der Waals surface area contributed by atoms with Crippen molar-refractivity contribution in [1.29, 1.82) is 0 Å². The molecule has 7 heteroatoms. The topological polar surface area (TPSA) is 34.1 Å². The molecule has 0 aliphatic carbocycles. The molecular weight excluding hydrogens is 277 g/mol. The van der Waals surface area contributed by atoms with Crippen LogP contribution in [0, 0.1) is 0 Å². The van der Waals surface area contributed by atoms with Gasteiger partial charge >= 0.3 is 6.18 Å². The van der Waals surface area contributed by atoms with E-state index in [0.717, 1.165) is 11.3 Å². The van der Waals surface area contributed by atoms with E-state index in [1.165, 1.54) is 0 Å². The highest BCUT2D eigenvalue weighted by atomic mass is 32.1. The van der Waals surface area contributed by atoms with E-state index in [1.54, 1.807) is 7.11 Å². The van der Waals surface area contributed by atoms with Gasteiger partial charge in [-0.2, -0.15) is 13.2 Å². The molecule has 0 aliphatic heterocycles. The predicted molar refractivity (Wildman–Crippen MR) is 69.3 cm³/mol. The molecule has 1 aromatic heterocycles. The number of hydrogen-bond donors (Lipinski definition) is 1. The first-order chi connectivity index (χ1) is 8.84. The summed E-state index contributed by atoms with van der Waals surface area (Å²) in [5.74, 6) is 0. The third-order valence-corrected chi connectivity index (χ3v) is 3.54. The van der Waals surface area contributed by atoms with E-state index in [4.69, 9.17) is 4.74 Å². The lowest BCUT2D eigenvalue weighted by atomic mass is 10.3. The average Bonchev–Trinajstić information content (AvgIpc) is 2.70. The summed E-state index contributed by atoms with van der Waals surface area (Å²) in [7, 11) is 1.57. The quantitative estimate of drug-likeness (QED) is 0.784. The summed E-state index contributed by atoms with van der Waals surface area (Å²) in [5, 5.41) is 3.52. The molecule has 1 heterocycles. The molecular formula is C12H19F3N2OS. The fraction of sp³-hybridized carbons (Fsp3) is 0.750. The Balaban J connectivity index is 2.80. The third kappa shape index (κ3) is 5.46. The van der Waals surface area contributed by atoms with Crippen LogP contribution in [0.15, 0.2) is 0 Å². The van der Waals surface area contributed by atoms with Crippen molar-refractivity contribution >= 4 is 11.3 Å². The fourth-order valence-electron chi connectivity index (χ4n) is 1.51. The van der Waals surface area contributed by atoms with Gasteiger partial charge in [-0.25, -0.2) is 4.98 Å². The Morgan fingerprint density at radius 1 is 1.37 bits per heavy atom. The second-order valence-corrected chi connectivity index (χ2v) is 5.68. The van der Waals surface area contributed by atoms with Crippen LogP contribution in [-0.4, -0.2) is 24.7 Å². The van der Waals surface area contributed by atoms with Gasteiger partial charge in [0.15, 0.2) is 5.69 Å². The van der Waals surface area contributed by atoms with E-state index in [2.05, 4.69) is 10.3 Å². The Morgan fingerprint density at radius 3 is 2.58 bits per heavy atom. The van der Waals surface area contributed by atoms with Gasteiger partial charge in [-0.05, 0) is 6.42 Å². The summed E-state index contributed by atoms with van der Waals surface area (Å²) in [5.41, 5.74) is -0.752. The summed E-state index contributed by atoms with van der Waals surface area (Å²) in [6.07, 6.45) is -3.19. The molecule has 0 unspecified atom stereocenters. The molecule has 1 N–H and O–H groups in total. The smallest absolute Gasteiger partial charge is 0.385 e. The van der Waals surface area contributed by atoms with Crippen molar-refractivity contribution in [2.45, 2.75) is 45.5 Å². The molecule has 0 saturated carbocycles. The van der Waals surface area contributed by atoms with Crippen LogP contribution in [0.25, 0.3) is 0 Å². The van der Waals surface area contributed by atoms with Gasteiger partial charge in [0.1, 0.15) is 0 Å². The van der Waals surface area contributed by atoms with Crippen molar-refractivity contribution < 1.29 is 17.9 Å². The molecule has 0 saturated heterocycles. The monoisotopic (exact) mass is 296 g/mol. The van der Waals surface area contributed by atoms with E-state index < -0.39 is 11.9 Å². The zero-order valence-electron chi connectivity index (χ0n) is 11.3. The molecule has 0 aliphatic rings. The highest BCUT2D eigenvalue weighted by Crippen LogP contribution is 2.34. The second kappa shape index (κ2) is 7.21. The Morgan fingerprint density at radius 2 is 2.05 bits per heavy atom. The highest BCUT2D eigenvalue weighted by Gasteiger charge is 2.37. The Bertz CT molecular complexity index is 391. The number of halogens is 3. The van der Waals surface area contributed by atoms with Crippen molar-refractivity contribution in [2.24, 2.45) is 0 Å². The zero-order chi connectivity index (χ0) is 14.5. The van der Waals surface area contributed by atoms with Crippen LogP contribution in [0.5, 0.6) is 0 Å². The number of methoxy groups -OCH3 is 1. The largest absolute Gasteiger partial charge is 0.434 e. The van der Waals surface area contributed by atoms with Gasteiger partial charge in [-0.3, -0.25) is 0 Å². The number of hydrogen-bond acceptors (Lipinski definition) is 4. The van der Waals surface area contributed by atoms with Crippen molar-refractivity contribution in [2.75, 3.05) is 13.7 Å². The summed E-state index contributed by atoms with van der Waals surface area (Å²) < 4.78 is 43.5. The maximum atomic E-state index is 12.9. The van der Waals surface area contributed by atoms with Gasteiger partial charge in [0, 0.05) is 32.7 Å². The van der Waals surface area contributed by atoms with Crippen LogP contribution >= 0.6 is 11.3 Å². The van der Waals surface area contributed by atoms with E-state index in [-0.39, 0.29) is 17.5 Å². The normalized spacial score (nSPS) is 12.4. The number of thiazole rings is 1. The molecule has 3 nitrogen and oxygen atoms in total. The van der Waals surface area contributed by atoms with Crippen LogP contribution < -0.4 is 5.32 Å². The standard InChI is InChI=1S/C12H19F3N2OS/c1-8(2)16-7-9-11(12(13,14)15)17-10(19-9)5-4-6-18-3/h8,16H,4-7H2,1-3H3. The van der Waals surface area contributed by atoms with E-state index in [9.17, 15) is 13.2 Å². The number of aromatic nitrogens is 1. The van der Waals surface area contributed by atoms with Crippen LogP contribution in [0.1, 0.15) is 35.8 Å². The molecule has 0 amide bonds. The van der Waals surface area contributed by atoms with Crippen molar-refractivity contribution in [3.8, 4) is 0 Å². The van der Waals surface area contributed by atoms with Crippen LogP contribution in [0.2, 0.25) is 0 Å². The molecule has 110 valence electrons. The Labute approximate surface area is 115 Å². The molecule has 0 aromatic carbocycles. The van der Waals surface area contributed by atoms with Gasteiger partial charge in [0.05, 0.1) is 9.88 Å². The van der Waals surface area contributed by atoms with Gasteiger partial charge in [0.2, 0.25) is 0 Å². The van der Waals surface area contributed by atoms with Gasteiger partial charge in [-0.1, -0.05) is 13.8 Å². The number of rotatable bonds is 7. The maximum Gasteiger partial charge on any atom is 0.434 e. The van der Waals surface area contributed by atoms with Crippen molar-refractivity contribution in [3.63, 3.8) is 0 Å². The number of aryl methyl sites for hydroxylation is 1. The minimum atomic E-state index is -4.38. The summed E-state index contributed by atoms with van der Waals surface area (Å²) in [6, 6.07) is 0.139. The number of ether oxygens (including phenoxy) is 1. The first-order valence-corrected chi connectivity index (χ1v) is 6.94. The lowest BCUT2D eigenvalue weighted by molar-refractivity contribution is -0.141. The predicted octanol–water partition coefficient (Wildman–Crippen LogP) is 3.24. The molecule has 0 atom stereocenters. The number of alkyl halides is 3. The zero-order valence-corrected chi connectivity index (χ0v) is 12.1. The molecule has 0 fully saturated rings. The van der Waals surface area contributed by atoms with Crippen molar-refractivity contribution in [1.82, 2.24) is 10.3 Å². The SMILES string of the molecule is COCCCc1nc(C(F)(F)F)c(CNC(C)C)s1. The van der Waals surface area contributed by atoms with Gasteiger partial charge < -0.3 is 10.1 Å². The molecule has 1 rings (SSSR count). The third-order valence-electron chi connectivity index (χ3n) is 2.42. The average molecular weight is 296 g/mol. The minimum absolute atomic E-state index is 0.139. The van der Waals surface area contributed by atoms with Crippen LogP contribution in [0.3, 0.4) is 0 Å². The number of nitrogens with zero attached hydrogens (tertiary/aromatic N) is 1. The fourth-order valence-corrected chi connectivity index (χ4v) is 2.59. The summed E-state index contributed by atoms with van der Waals surface area (Å²) in [6.45, 7) is 4.52. The second-order valence-electron chi connectivity index (χ2n) is 4.51. The molecule has 0 bridgehead atoms. The Hall–Kier alpha value is -0.660. The lowest BCUT2D eigenvalue weighted by Crippen LogP contribution is -2.23. The molecule has 1 aromatic rings. The Kier molecular flexibility index (Phi) is 6.22. The number of nitrogens with one attached hydrogen (secondary N) is 1. The van der Waals surface area contributed by atoms with E-state index in [0.29, 0.717) is 24.5 Å². The minimum Gasteiger partial charge on any atom is -0.385 e.